The van der Waals surface area contributed by atoms with Gasteiger partial charge in [0.25, 0.3) is 0 Å². The van der Waals surface area contributed by atoms with E-state index in [2.05, 4.69) is 44.4 Å². The molecule has 3 aliphatic heterocycles. The Morgan fingerprint density at radius 3 is 2.15 bits per heavy atom. The zero-order valence-electron chi connectivity index (χ0n) is 31.2. The summed E-state index contributed by atoms with van der Waals surface area (Å²) in [4.78, 5) is 35.1. The number of esters is 1. The number of rotatable bonds is 9. The molecule has 3 rings (SSSR count). The number of hydrogen-bond acceptors (Lipinski definition) is 10. The zero-order chi connectivity index (χ0) is 34.7. The Morgan fingerprint density at radius 1 is 1.00 bits per heavy atom. The third-order valence-corrected chi connectivity index (χ3v) is 10.5. The number of likely N-dealkylation sites (tertiary alicyclic amines) is 1. The van der Waals surface area contributed by atoms with Crippen molar-refractivity contribution in [2.75, 3.05) is 60.5 Å². The van der Waals surface area contributed by atoms with Gasteiger partial charge in [0.15, 0.2) is 12.1 Å². The quantitative estimate of drug-likeness (QED) is 0.291. The van der Waals surface area contributed by atoms with Gasteiger partial charge in [0, 0.05) is 63.8 Å². The van der Waals surface area contributed by atoms with Gasteiger partial charge in [-0.05, 0) is 72.4 Å². The molecule has 9 atom stereocenters. The average Bonchev–Trinajstić information content (AvgIpc) is 2.93. The fourth-order valence-corrected chi connectivity index (χ4v) is 8.08. The van der Waals surface area contributed by atoms with Crippen molar-refractivity contribution in [1.82, 2.24) is 14.7 Å². The van der Waals surface area contributed by atoms with E-state index in [0.717, 1.165) is 32.7 Å². The van der Waals surface area contributed by atoms with Crippen molar-refractivity contribution in [3.63, 3.8) is 0 Å². The van der Waals surface area contributed by atoms with E-state index in [1.807, 2.05) is 32.8 Å². The number of aliphatic hydroxyl groups is 1. The third kappa shape index (κ3) is 9.30. The predicted molar refractivity (Wildman–Crippen MR) is 180 cm³/mol. The summed E-state index contributed by atoms with van der Waals surface area (Å²) >= 11 is 0. The van der Waals surface area contributed by atoms with Crippen LogP contribution in [0.3, 0.4) is 0 Å². The number of carbonyl (C=O) groups excluding carboxylic acids is 2. The molecule has 1 unspecified atom stereocenters. The molecule has 0 aromatic carbocycles. The fraction of sp³-hybridized carbons (Fsp3) is 0.944. The molecule has 0 aromatic rings. The fourth-order valence-electron chi connectivity index (χ4n) is 8.08. The average molecular weight is 654 g/mol. The van der Waals surface area contributed by atoms with Gasteiger partial charge >= 0.3 is 5.97 Å². The van der Waals surface area contributed by atoms with Gasteiger partial charge in [-0.15, -0.1) is 0 Å². The van der Waals surface area contributed by atoms with Gasteiger partial charge in [-0.25, -0.2) is 0 Å². The minimum absolute atomic E-state index is 0.0531. The van der Waals surface area contributed by atoms with Gasteiger partial charge in [0.1, 0.15) is 18.1 Å². The highest BCUT2D eigenvalue weighted by Crippen LogP contribution is 2.39. The van der Waals surface area contributed by atoms with Gasteiger partial charge in [-0.1, -0.05) is 41.5 Å². The van der Waals surface area contributed by atoms with Crippen LogP contribution in [0.25, 0.3) is 0 Å². The van der Waals surface area contributed by atoms with Crippen molar-refractivity contribution < 1.29 is 33.6 Å². The van der Waals surface area contributed by atoms with Crippen molar-refractivity contribution in [2.45, 2.75) is 124 Å². The van der Waals surface area contributed by atoms with E-state index < -0.39 is 41.4 Å². The molecule has 10 nitrogen and oxygen atoms in total. The third-order valence-electron chi connectivity index (χ3n) is 10.5. The number of nitrogens with zero attached hydrogens (tertiary/aromatic N) is 3. The second-order valence-corrected chi connectivity index (χ2v) is 16.6. The van der Waals surface area contributed by atoms with E-state index in [-0.39, 0.29) is 36.5 Å². The van der Waals surface area contributed by atoms with Crippen LogP contribution >= 0.6 is 0 Å². The van der Waals surface area contributed by atoms with Crippen LogP contribution in [0.4, 0.5) is 0 Å². The van der Waals surface area contributed by atoms with Gasteiger partial charge in [-0.3, -0.25) is 14.5 Å². The number of likely N-dealkylation sites (N-methyl/N-ethyl adjacent to an activating group) is 1. The standard InChI is InChI=1S/C36H67N3O7/c1-22(2)16-38-19-27(20-38)29-21-44-34(42)35(8,9)31(41)26(7)32(46-33-30(40)28(37(11)12)14-25(6)45-33)36(10,43-13)15-24(5)18-39(29)17-23(3)4/h22-30,32-33,40H,14-21H2,1-13H3/t24-,25-,26+,28+,29?,30-,32-,33+,36-/m1/s1. The Hall–Kier alpha value is -1.14. The molecule has 0 spiro atoms. The molecule has 268 valence electrons. The highest BCUT2D eigenvalue weighted by atomic mass is 16.7. The Balaban J connectivity index is 2.01. The van der Waals surface area contributed by atoms with Crippen molar-refractivity contribution in [3.05, 3.63) is 0 Å². The van der Waals surface area contributed by atoms with E-state index in [0.29, 0.717) is 30.6 Å². The molecule has 1 N–H and O–H groups in total. The summed E-state index contributed by atoms with van der Waals surface area (Å²) in [5.41, 5.74) is -2.32. The van der Waals surface area contributed by atoms with E-state index in [1.54, 1.807) is 27.9 Å². The van der Waals surface area contributed by atoms with Crippen LogP contribution in [0, 0.1) is 35.0 Å². The number of methoxy groups -OCH3 is 1. The first-order valence-corrected chi connectivity index (χ1v) is 17.7. The first-order valence-electron chi connectivity index (χ1n) is 17.7. The van der Waals surface area contributed by atoms with Crippen LogP contribution in [-0.2, 0) is 28.5 Å². The number of aliphatic hydroxyl groups excluding tert-OH is 1. The van der Waals surface area contributed by atoms with E-state index in [1.165, 1.54) is 0 Å². The van der Waals surface area contributed by atoms with Crippen molar-refractivity contribution in [2.24, 2.45) is 35.0 Å². The second kappa shape index (κ2) is 16.0. The van der Waals surface area contributed by atoms with Crippen LogP contribution < -0.4 is 0 Å². The maximum absolute atomic E-state index is 14.3. The minimum atomic E-state index is -1.41. The highest BCUT2D eigenvalue weighted by molar-refractivity contribution is 6.04. The molecule has 3 saturated heterocycles. The van der Waals surface area contributed by atoms with E-state index >= 15 is 0 Å². The largest absolute Gasteiger partial charge is 0.463 e. The molecule has 10 heteroatoms. The Labute approximate surface area is 279 Å². The summed E-state index contributed by atoms with van der Waals surface area (Å²) in [6.45, 7) is 25.2. The molecule has 0 amide bonds. The number of hydrogen-bond donors (Lipinski definition) is 1. The van der Waals surface area contributed by atoms with E-state index in [9.17, 15) is 14.7 Å². The van der Waals surface area contributed by atoms with Crippen molar-refractivity contribution >= 4 is 11.8 Å². The Kier molecular flexibility index (Phi) is 13.7. The maximum Gasteiger partial charge on any atom is 0.319 e. The molecule has 0 radical (unpaired) electrons. The number of carbonyl (C=O) groups is 2. The number of ether oxygens (including phenoxy) is 4. The molecule has 3 fully saturated rings. The lowest BCUT2D eigenvalue weighted by Crippen LogP contribution is -2.60. The SMILES string of the molecule is CO[C@]1(C)C[C@@H](C)CN(CC(C)C)C(C2CN(CC(C)C)C2)COC(=O)C(C)(C)C(=O)[C@H](C)[C@H]1O[C@@H]1O[C@H](C)C[C@H](N(C)C)[C@H]1O. The normalized spacial score (nSPS) is 37.9. The van der Waals surface area contributed by atoms with Gasteiger partial charge in [0.2, 0.25) is 0 Å². The molecule has 0 saturated carbocycles. The number of Topliss-reactive ketones (excluding diaryl/α,β-unsaturated/α-hetero) is 1. The summed E-state index contributed by atoms with van der Waals surface area (Å²) in [5, 5.41) is 11.4. The second-order valence-electron chi connectivity index (χ2n) is 16.6. The van der Waals surface area contributed by atoms with Crippen molar-refractivity contribution in [1.29, 1.82) is 0 Å². The lowest BCUT2D eigenvalue weighted by molar-refractivity contribution is -0.295. The summed E-state index contributed by atoms with van der Waals surface area (Å²) in [5.74, 6) is 0.0273. The molecule has 0 aromatic heterocycles. The van der Waals surface area contributed by atoms with Gasteiger partial charge in [0.05, 0.1) is 17.8 Å². The van der Waals surface area contributed by atoms with E-state index in [4.69, 9.17) is 18.9 Å². The van der Waals surface area contributed by atoms with Crippen LogP contribution in [0.15, 0.2) is 0 Å². The summed E-state index contributed by atoms with van der Waals surface area (Å²) in [6, 6.07) is -0.115. The van der Waals surface area contributed by atoms with Crippen molar-refractivity contribution in [3.8, 4) is 0 Å². The molecule has 46 heavy (non-hydrogen) atoms. The number of ketones is 1. The summed E-state index contributed by atoms with van der Waals surface area (Å²) < 4.78 is 25.3. The topological polar surface area (TPSA) is 101 Å². The molecule has 3 aliphatic rings. The first kappa shape index (κ1) is 39.3. The lowest BCUT2D eigenvalue weighted by atomic mass is 9.74. The van der Waals surface area contributed by atoms with Crippen LogP contribution in [-0.4, -0.2) is 134 Å². The van der Waals surface area contributed by atoms with Crippen LogP contribution in [0.1, 0.15) is 82.1 Å². The Morgan fingerprint density at radius 2 is 1.61 bits per heavy atom. The Bertz CT molecular complexity index is 1000. The number of cyclic esters (lactones) is 1. The first-order chi connectivity index (χ1) is 21.3. The lowest BCUT2D eigenvalue weighted by Gasteiger charge is -2.49. The van der Waals surface area contributed by atoms with Gasteiger partial charge < -0.3 is 33.9 Å². The van der Waals surface area contributed by atoms with Crippen LogP contribution in [0.2, 0.25) is 0 Å². The highest BCUT2D eigenvalue weighted by Gasteiger charge is 2.52. The van der Waals surface area contributed by atoms with Gasteiger partial charge in [-0.2, -0.15) is 0 Å². The monoisotopic (exact) mass is 653 g/mol. The molecule has 0 aliphatic carbocycles. The van der Waals surface area contributed by atoms with Crippen LogP contribution in [0.5, 0.6) is 0 Å². The molecular weight excluding hydrogens is 586 g/mol. The predicted octanol–water partition coefficient (Wildman–Crippen LogP) is 3.93. The molecule has 0 bridgehead atoms. The molecular formula is C36H67N3O7. The smallest absolute Gasteiger partial charge is 0.319 e. The molecule has 3 heterocycles. The summed E-state index contributed by atoms with van der Waals surface area (Å²) in [6.07, 6.45) is -1.55. The summed E-state index contributed by atoms with van der Waals surface area (Å²) in [7, 11) is 5.53. The maximum atomic E-state index is 14.3. The minimum Gasteiger partial charge on any atom is -0.463 e. The zero-order valence-corrected chi connectivity index (χ0v) is 31.2.